The quantitative estimate of drug-likeness (QED) is 0.833. The van der Waals surface area contributed by atoms with Gasteiger partial charge in [0.25, 0.3) is 0 Å². The predicted octanol–water partition coefficient (Wildman–Crippen LogP) is 1.77. The third-order valence-electron chi connectivity index (χ3n) is 4.43. The van der Waals surface area contributed by atoms with Gasteiger partial charge < -0.3 is 15.5 Å². The lowest BCUT2D eigenvalue weighted by molar-refractivity contribution is -0.134. The van der Waals surface area contributed by atoms with Crippen LogP contribution >= 0.6 is 23.7 Å². The molecule has 2 aliphatic rings. The second-order valence-corrected chi connectivity index (χ2v) is 6.85. The minimum atomic E-state index is -0.0615. The summed E-state index contributed by atoms with van der Waals surface area (Å²) in [5.41, 5.74) is 1.38. The lowest BCUT2D eigenvalue weighted by Crippen LogP contribution is -2.54. The molecule has 0 unspecified atom stereocenters. The molecule has 1 fully saturated rings. The van der Waals surface area contributed by atoms with Gasteiger partial charge in [-0.3, -0.25) is 4.79 Å². The SMILES string of the molecule is Cl.O=C([C@H]1Cc2c(sc3ccccc23)CN1)N1CCNCC1. The Bertz CT molecular complexity index is 681. The highest BCUT2D eigenvalue weighted by molar-refractivity contribution is 7.19. The molecular weight excluding hydrogens is 318 g/mol. The Labute approximate surface area is 140 Å². The van der Waals surface area contributed by atoms with Crippen LogP contribution in [-0.4, -0.2) is 43.0 Å². The first-order valence-corrected chi connectivity index (χ1v) is 8.37. The van der Waals surface area contributed by atoms with Crippen LogP contribution in [0.1, 0.15) is 10.4 Å². The van der Waals surface area contributed by atoms with Gasteiger partial charge in [-0.05, 0) is 23.4 Å². The van der Waals surface area contributed by atoms with Crippen molar-refractivity contribution < 1.29 is 4.79 Å². The zero-order chi connectivity index (χ0) is 14.2. The molecule has 1 saturated heterocycles. The molecule has 118 valence electrons. The van der Waals surface area contributed by atoms with Crippen molar-refractivity contribution in [2.24, 2.45) is 0 Å². The molecule has 2 aliphatic heterocycles. The molecule has 4 nitrogen and oxygen atoms in total. The minimum Gasteiger partial charge on any atom is -0.339 e. The molecule has 0 spiro atoms. The molecule has 6 heteroatoms. The summed E-state index contributed by atoms with van der Waals surface area (Å²) in [6, 6.07) is 8.47. The summed E-state index contributed by atoms with van der Waals surface area (Å²) in [4.78, 5) is 16.0. The number of halogens is 1. The molecule has 2 N–H and O–H groups in total. The summed E-state index contributed by atoms with van der Waals surface area (Å²) < 4.78 is 1.33. The number of thiophene rings is 1. The second-order valence-electron chi connectivity index (χ2n) is 5.71. The average molecular weight is 338 g/mol. The Kier molecular flexibility index (Phi) is 4.68. The van der Waals surface area contributed by atoms with Gasteiger partial charge in [0, 0.05) is 42.3 Å². The van der Waals surface area contributed by atoms with Gasteiger partial charge in [-0.15, -0.1) is 23.7 Å². The Hall–Kier alpha value is -1.14. The number of piperazine rings is 1. The smallest absolute Gasteiger partial charge is 0.240 e. The number of hydrogen-bond acceptors (Lipinski definition) is 4. The minimum absolute atomic E-state index is 0. The van der Waals surface area contributed by atoms with Crippen molar-refractivity contribution in [3.63, 3.8) is 0 Å². The van der Waals surface area contributed by atoms with E-state index < -0.39 is 0 Å². The van der Waals surface area contributed by atoms with Gasteiger partial charge in [0.05, 0.1) is 6.04 Å². The van der Waals surface area contributed by atoms with Crippen molar-refractivity contribution in [1.29, 1.82) is 0 Å². The molecule has 4 rings (SSSR count). The first kappa shape index (κ1) is 15.7. The maximum Gasteiger partial charge on any atom is 0.240 e. The maximum absolute atomic E-state index is 12.7. The fourth-order valence-electron chi connectivity index (χ4n) is 3.29. The first-order chi connectivity index (χ1) is 10.3. The molecule has 1 atom stereocenters. The predicted molar refractivity (Wildman–Crippen MR) is 92.9 cm³/mol. The van der Waals surface area contributed by atoms with Gasteiger partial charge in [-0.1, -0.05) is 18.2 Å². The fraction of sp³-hybridized carbons (Fsp3) is 0.438. The average Bonchev–Trinajstić information content (AvgIpc) is 2.93. The van der Waals surface area contributed by atoms with E-state index in [1.54, 1.807) is 0 Å². The normalized spacial score (nSPS) is 21.3. The van der Waals surface area contributed by atoms with E-state index in [0.29, 0.717) is 0 Å². The van der Waals surface area contributed by atoms with E-state index >= 15 is 0 Å². The number of nitrogens with zero attached hydrogens (tertiary/aromatic N) is 1. The largest absolute Gasteiger partial charge is 0.339 e. The van der Waals surface area contributed by atoms with Crippen molar-refractivity contribution >= 4 is 39.7 Å². The van der Waals surface area contributed by atoms with Crippen LogP contribution in [0.3, 0.4) is 0 Å². The molecule has 1 aromatic heterocycles. The molecule has 1 aromatic carbocycles. The highest BCUT2D eigenvalue weighted by Crippen LogP contribution is 2.34. The van der Waals surface area contributed by atoms with Crippen LogP contribution in [-0.2, 0) is 17.8 Å². The number of rotatable bonds is 1. The van der Waals surface area contributed by atoms with E-state index in [1.165, 1.54) is 20.5 Å². The molecule has 2 aromatic rings. The van der Waals surface area contributed by atoms with Crippen LogP contribution in [0.2, 0.25) is 0 Å². The lowest BCUT2D eigenvalue weighted by Gasteiger charge is -2.32. The van der Waals surface area contributed by atoms with Gasteiger partial charge in [0.1, 0.15) is 0 Å². The van der Waals surface area contributed by atoms with E-state index in [-0.39, 0.29) is 24.4 Å². The molecule has 0 saturated carbocycles. The van der Waals surface area contributed by atoms with Crippen molar-refractivity contribution in [2.45, 2.75) is 19.0 Å². The molecule has 0 radical (unpaired) electrons. The molecule has 0 aliphatic carbocycles. The highest BCUT2D eigenvalue weighted by atomic mass is 35.5. The number of carbonyl (C=O) groups excluding carboxylic acids is 1. The van der Waals surface area contributed by atoms with Crippen LogP contribution in [0.25, 0.3) is 10.1 Å². The van der Waals surface area contributed by atoms with Crippen LogP contribution < -0.4 is 10.6 Å². The fourth-order valence-corrected chi connectivity index (χ4v) is 4.47. The summed E-state index contributed by atoms with van der Waals surface area (Å²) in [5, 5.41) is 8.06. The monoisotopic (exact) mass is 337 g/mol. The molecule has 22 heavy (non-hydrogen) atoms. The van der Waals surface area contributed by atoms with Crippen LogP contribution in [0.4, 0.5) is 0 Å². The van der Waals surface area contributed by atoms with Crippen LogP contribution in [0.5, 0.6) is 0 Å². The van der Waals surface area contributed by atoms with Crippen molar-refractivity contribution in [2.75, 3.05) is 26.2 Å². The van der Waals surface area contributed by atoms with Crippen molar-refractivity contribution in [3.05, 3.63) is 34.7 Å². The van der Waals surface area contributed by atoms with Crippen LogP contribution in [0.15, 0.2) is 24.3 Å². The lowest BCUT2D eigenvalue weighted by atomic mass is 9.98. The number of hydrogen-bond donors (Lipinski definition) is 2. The van der Waals surface area contributed by atoms with Crippen LogP contribution in [0, 0.1) is 0 Å². The standard InChI is InChI=1S/C16H19N3OS.ClH/c20-16(19-7-5-17-6-8-19)13-9-12-11-3-1-2-4-14(11)21-15(12)10-18-13;/h1-4,13,17-18H,5-10H2;1H/t13-;/m1./s1. The van der Waals surface area contributed by atoms with E-state index in [9.17, 15) is 4.79 Å². The Morgan fingerprint density at radius 2 is 2.00 bits per heavy atom. The number of nitrogens with one attached hydrogen (secondary N) is 2. The van der Waals surface area contributed by atoms with Gasteiger partial charge in [-0.25, -0.2) is 0 Å². The Morgan fingerprint density at radius 3 is 2.82 bits per heavy atom. The Balaban J connectivity index is 0.00000144. The van der Waals surface area contributed by atoms with E-state index in [2.05, 4.69) is 34.9 Å². The third kappa shape index (κ3) is 2.74. The topological polar surface area (TPSA) is 44.4 Å². The van der Waals surface area contributed by atoms with Gasteiger partial charge in [-0.2, -0.15) is 0 Å². The zero-order valence-corrected chi connectivity index (χ0v) is 13.9. The number of amides is 1. The molecular formula is C16H20ClN3OS. The third-order valence-corrected chi connectivity index (χ3v) is 5.64. The summed E-state index contributed by atoms with van der Waals surface area (Å²) in [6.07, 6.45) is 0.822. The summed E-state index contributed by atoms with van der Waals surface area (Å²) >= 11 is 1.85. The zero-order valence-electron chi connectivity index (χ0n) is 12.3. The molecule has 1 amide bonds. The number of benzene rings is 1. The van der Waals surface area contributed by atoms with Gasteiger partial charge in [0.15, 0.2) is 0 Å². The summed E-state index contributed by atoms with van der Waals surface area (Å²) in [7, 11) is 0. The van der Waals surface area contributed by atoms with Crippen molar-refractivity contribution in [3.8, 4) is 0 Å². The first-order valence-electron chi connectivity index (χ1n) is 7.55. The highest BCUT2D eigenvalue weighted by Gasteiger charge is 2.30. The molecule has 3 heterocycles. The maximum atomic E-state index is 12.7. The van der Waals surface area contributed by atoms with Crippen molar-refractivity contribution in [1.82, 2.24) is 15.5 Å². The number of fused-ring (bicyclic) bond motifs is 3. The molecule has 0 bridgehead atoms. The van der Waals surface area contributed by atoms with E-state index in [0.717, 1.165) is 39.1 Å². The summed E-state index contributed by atoms with van der Waals surface area (Å²) in [5.74, 6) is 0.262. The van der Waals surface area contributed by atoms with E-state index in [1.807, 2.05) is 16.2 Å². The van der Waals surface area contributed by atoms with Gasteiger partial charge >= 0.3 is 0 Å². The number of carbonyl (C=O) groups is 1. The van der Waals surface area contributed by atoms with E-state index in [4.69, 9.17) is 0 Å². The van der Waals surface area contributed by atoms with Gasteiger partial charge in [0.2, 0.25) is 5.91 Å². The second kappa shape index (κ2) is 6.54. The summed E-state index contributed by atoms with van der Waals surface area (Å²) in [6.45, 7) is 4.29. The Morgan fingerprint density at radius 1 is 1.23 bits per heavy atom.